The summed E-state index contributed by atoms with van der Waals surface area (Å²) >= 11 is 0. The van der Waals surface area contributed by atoms with Crippen LogP contribution in [0.3, 0.4) is 0 Å². The molecule has 0 aliphatic rings. The van der Waals surface area contributed by atoms with Crippen molar-refractivity contribution in [3.63, 3.8) is 0 Å². The van der Waals surface area contributed by atoms with Crippen LogP contribution in [0.25, 0.3) is 11.3 Å². The molecule has 0 saturated heterocycles. The summed E-state index contributed by atoms with van der Waals surface area (Å²) in [7, 11) is 0. The van der Waals surface area contributed by atoms with Gasteiger partial charge in [-0.15, -0.1) is 0 Å². The van der Waals surface area contributed by atoms with Crippen molar-refractivity contribution in [1.29, 1.82) is 0 Å². The van der Waals surface area contributed by atoms with Gasteiger partial charge in [0.2, 0.25) is 5.91 Å². The van der Waals surface area contributed by atoms with E-state index in [4.69, 9.17) is 0 Å². The van der Waals surface area contributed by atoms with Gasteiger partial charge in [-0.25, -0.2) is 9.97 Å². The van der Waals surface area contributed by atoms with E-state index in [1.165, 1.54) is 5.56 Å². The predicted octanol–water partition coefficient (Wildman–Crippen LogP) is 3.78. The zero-order valence-corrected chi connectivity index (χ0v) is 14.1. The van der Waals surface area contributed by atoms with E-state index in [0.717, 1.165) is 29.8 Å². The molecule has 0 spiro atoms. The number of aromatic nitrogens is 2. The summed E-state index contributed by atoms with van der Waals surface area (Å²) in [5.74, 6) is 0.0517. The number of nitrogens with one attached hydrogen (secondary N) is 1. The monoisotopic (exact) mass is 331 g/mol. The lowest BCUT2D eigenvalue weighted by atomic mass is 10.1. The summed E-state index contributed by atoms with van der Waals surface area (Å²) in [6, 6.07) is 22.1. The van der Waals surface area contributed by atoms with E-state index in [-0.39, 0.29) is 5.91 Å². The molecule has 0 aliphatic heterocycles. The Morgan fingerprint density at radius 2 is 1.64 bits per heavy atom. The third-order valence-electron chi connectivity index (χ3n) is 3.97. The Labute approximate surface area is 148 Å². The molecule has 1 amide bonds. The first-order chi connectivity index (χ1) is 12.3. The quantitative estimate of drug-likeness (QED) is 0.717. The van der Waals surface area contributed by atoms with Crippen LogP contribution in [0.4, 0.5) is 0 Å². The maximum Gasteiger partial charge on any atom is 0.220 e. The van der Waals surface area contributed by atoms with Gasteiger partial charge >= 0.3 is 0 Å². The van der Waals surface area contributed by atoms with Crippen LogP contribution >= 0.6 is 0 Å². The van der Waals surface area contributed by atoms with Crippen LogP contribution < -0.4 is 5.32 Å². The van der Waals surface area contributed by atoms with Crippen LogP contribution in [-0.2, 0) is 17.8 Å². The molecule has 0 saturated carbocycles. The summed E-state index contributed by atoms with van der Waals surface area (Å²) in [5.41, 5.74) is 3.98. The average Bonchev–Trinajstić information content (AvgIpc) is 2.68. The molecule has 0 radical (unpaired) electrons. The number of aryl methyl sites for hydroxylation is 1. The van der Waals surface area contributed by atoms with E-state index >= 15 is 0 Å². The molecular formula is C21H21N3O. The van der Waals surface area contributed by atoms with E-state index in [9.17, 15) is 4.79 Å². The van der Waals surface area contributed by atoms with Crippen molar-refractivity contribution in [3.05, 3.63) is 84.3 Å². The van der Waals surface area contributed by atoms with Gasteiger partial charge in [0.15, 0.2) is 0 Å². The van der Waals surface area contributed by atoms with Crippen LogP contribution in [0.15, 0.2) is 73.1 Å². The number of carbonyl (C=O) groups is 1. The smallest absolute Gasteiger partial charge is 0.220 e. The first-order valence-corrected chi connectivity index (χ1v) is 8.48. The fourth-order valence-electron chi connectivity index (χ4n) is 2.64. The molecule has 1 heterocycles. The summed E-state index contributed by atoms with van der Waals surface area (Å²) in [5, 5.41) is 2.93. The van der Waals surface area contributed by atoms with Crippen LogP contribution in [0, 0.1) is 0 Å². The lowest BCUT2D eigenvalue weighted by Crippen LogP contribution is -2.23. The van der Waals surface area contributed by atoms with Gasteiger partial charge in [0.1, 0.15) is 6.33 Å². The molecule has 0 aliphatic carbocycles. The number of hydrogen-bond donors (Lipinski definition) is 1. The highest BCUT2D eigenvalue weighted by molar-refractivity contribution is 5.75. The summed E-state index contributed by atoms with van der Waals surface area (Å²) in [4.78, 5) is 20.5. The van der Waals surface area contributed by atoms with Crippen molar-refractivity contribution in [1.82, 2.24) is 15.3 Å². The molecule has 1 N–H and O–H groups in total. The number of hydrogen-bond acceptors (Lipinski definition) is 3. The topological polar surface area (TPSA) is 54.9 Å². The third-order valence-corrected chi connectivity index (χ3v) is 3.97. The van der Waals surface area contributed by atoms with Gasteiger partial charge in [0.25, 0.3) is 0 Å². The zero-order chi connectivity index (χ0) is 17.3. The predicted molar refractivity (Wildman–Crippen MR) is 98.7 cm³/mol. The largest absolute Gasteiger partial charge is 0.350 e. The van der Waals surface area contributed by atoms with Crippen molar-refractivity contribution >= 4 is 5.91 Å². The first kappa shape index (κ1) is 16.8. The van der Waals surface area contributed by atoms with Gasteiger partial charge in [-0.05, 0) is 24.5 Å². The van der Waals surface area contributed by atoms with E-state index in [0.29, 0.717) is 13.0 Å². The number of carbonyl (C=O) groups excluding carboxylic acids is 1. The molecule has 4 nitrogen and oxygen atoms in total. The Hall–Kier alpha value is -3.01. The SMILES string of the molecule is O=C(CCCc1ccccc1)NCc1cc(-c2ccccc2)ncn1. The van der Waals surface area contributed by atoms with Gasteiger partial charge in [-0.3, -0.25) is 4.79 Å². The second-order valence-electron chi connectivity index (χ2n) is 5.88. The van der Waals surface area contributed by atoms with Gasteiger partial charge in [-0.2, -0.15) is 0 Å². The van der Waals surface area contributed by atoms with E-state index in [1.807, 2.05) is 54.6 Å². The van der Waals surface area contributed by atoms with E-state index < -0.39 is 0 Å². The number of rotatable bonds is 7. The highest BCUT2D eigenvalue weighted by atomic mass is 16.1. The molecular weight excluding hydrogens is 310 g/mol. The van der Waals surface area contributed by atoms with Crippen molar-refractivity contribution in [2.24, 2.45) is 0 Å². The van der Waals surface area contributed by atoms with Crippen LogP contribution in [0.2, 0.25) is 0 Å². The van der Waals surface area contributed by atoms with E-state index in [2.05, 4.69) is 27.4 Å². The normalized spacial score (nSPS) is 10.4. The van der Waals surface area contributed by atoms with Gasteiger partial charge in [-0.1, -0.05) is 60.7 Å². The summed E-state index contributed by atoms with van der Waals surface area (Å²) in [6.07, 6.45) is 3.82. The Balaban J connectivity index is 1.47. The molecule has 0 fully saturated rings. The molecule has 4 heteroatoms. The van der Waals surface area contributed by atoms with Crippen LogP contribution in [-0.4, -0.2) is 15.9 Å². The van der Waals surface area contributed by atoms with Crippen molar-refractivity contribution in [2.45, 2.75) is 25.8 Å². The minimum atomic E-state index is 0.0517. The fourth-order valence-corrected chi connectivity index (χ4v) is 2.64. The molecule has 126 valence electrons. The molecule has 25 heavy (non-hydrogen) atoms. The van der Waals surface area contributed by atoms with Crippen molar-refractivity contribution in [3.8, 4) is 11.3 Å². The zero-order valence-electron chi connectivity index (χ0n) is 14.1. The second kappa shape index (κ2) is 8.73. The summed E-state index contributed by atoms with van der Waals surface area (Å²) < 4.78 is 0. The van der Waals surface area contributed by atoms with Crippen LogP contribution in [0.5, 0.6) is 0 Å². The third kappa shape index (κ3) is 5.24. The average molecular weight is 331 g/mol. The fraction of sp³-hybridized carbons (Fsp3) is 0.190. The molecule has 2 aromatic carbocycles. The molecule has 0 atom stereocenters. The Morgan fingerprint density at radius 3 is 2.40 bits per heavy atom. The lowest BCUT2D eigenvalue weighted by Gasteiger charge is -2.06. The maximum atomic E-state index is 12.0. The molecule has 3 aromatic rings. The lowest BCUT2D eigenvalue weighted by molar-refractivity contribution is -0.121. The number of nitrogens with zero attached hydrogens (tertiary/aromatic N) is 2. The number of amides is 1. The maximum absolute atomic E-state index is 12.0. The van der Waals surface area contributed by atoms with E-state index in [1.54, 1.807) is 6.33 Å². The molecule has 1 aromatic heterocycles. The Morgan fingerprint density at radius 1 is 0.920 bits per heavy atom. The van der Waals surface area contributed by atoms with Gasteiger partial charge in [0, 0.05) is 12.0 Å². The highest BCUT2D eigenvalue weighted by Crippen LogP contribution is 2.16. The molecule has 3 rings (SSSR count). The highest BCUT2D eigenvalue weighted by Gasteiger charge is 2.05. The first-order valence-electron chi connectivity index (χ1n) is 8.48. The van der Waals surface area contributed by atoms with Crippen molar-refractivity contribution in [2.75, 3.05) is 0 Å². The van der Waals surface area contributed by atoms with Gasteiger partial charge in [0.05, 0.1) is 17.9 Å². The molecule has 0 bridgehead atoms. The van der Waals surface area contributed by atoms with Crippen LogP contribution in [0.1, 0.15) is 24.1 Å². The Bertz CT molecular complexity index is 804. The minimum Gasteiger partial charge on any atom is -0.350 e. The molecule has 0 unspecified atom stereocenters. The summed E-state index contributed by atoms with van der Waals surface area (Å²) in [6.45, 7) is 0.423. The minimum absolute atomic E-state index is 0.0517. The number of benzene rings is 2. The second-order valence-corrected chi connectivity index (χ2v) is 5.88. The van der Waals surface area contributed by atoms with Crippen molar-refractivity contribution < 1.29 is 4.79 Å². The van der Waals surface area contributed by atoms with Gasteiger partial charge < -0.3 is 5.32 Å². The standard InChI is InChI=1S/C21H21N3O/c25-21(13-7-10-17-8-3-1-4-9-17)22-15-19-14-20(24-16-23-19)18-11-5-2-6-12-18/h1-6,8-9,11-12,14,16H,7,10,13,15H2,(H,22,25). The Kier molecular flexibility index (Phi) is 5.88.